The molecule has 0 aromatic carbocycles. The Hall–Kier alpha value is -0.463. The van der Waals surface area contributed by atoms with Gasteiger partial charge in [-0.15, -0.1) is 0 Å². The third-order valence-corrected chi connectivity index (χ3v) is 3.53. The van der Waals surface area contributed by atoms with Crippen LogP contribution in [0.4, 0.5) is 0 Å². The first-order chi connectivity index (χ1) is 9.24. The Labute approximate surface area is 136 Å². The zero-order valence-electron chi connectivity index (χ0n) is 12.1. The van der Waals surface area contributed by atoms with Crippen molar-refractivity contribution in [2.75, 3.05) is 0 Å². The van der Waals surface area contributed by atoms with Gasteiger partial charge in [-0.1, -0.05) is 44.8 Å². The predicted octanol–water partition coefficient (Wildman–Crippen LogP) is 2.51. The average Bonchev–Trinajstić information content (AvgIpc) is 2.66. The van der Waals surface area contributed by atoms with E-state index in [1.807, 2.05) is 12.3 Å². The van der Waals surface area contributed by atoms with E-state index >= 15 is 0 Å². The molecule has 0 fully saturated rings. The SMILES string of the molecule is CCCCC(CCCCC(N)N)C1=CC=CC=CN1.[LiH]. The van der Waals surface area contributed by atoms with E-state index in [1.54, 1.807) is 0 Å². The van der Waals surface area contributed by atoms with Crippen LogP contribution in [0.5, 0.6) is 0 Å². The van der Waals surface area contributed by atoms with Gasteiger partial charge in [0.2, 0.25) is 0 Å². The maximum atomic E-state index is 5.59. The van der Waals surface area contributed by atoms with Crippen LogP contribution in [0, 0.1) is 5.92 Å². The average molecular weight is 271 g/mol. The van der Waals surface area contributed by atoms with Gasteiger partial charge in [-0.25, -0.2) is 0 Å². The molecule has 1 aliphatic heterocycles. The predicted molar refractivity (Wildman–Crippen MR) is 90.3 cm³/mol. The van der Waals surface area contributed by atoms with Gasteiger partial charge < -0.3 is 16.8 Å². The van der Waals surface area contributed by atoms with Crippen LogP contribution < -0.4 is 16.8 Å². The Morgan fingerprint density at radius 3 is 2.40 bits per heavy atom. The first-order valence-corrected chi connectivity index (χ1v) is 7.55. The molecule has 5 N–H and O–H groups in total. The summed E-state index contributed by atoms with van der Waals surface area (Å²) in [7, 11) is 0. The Bertz CT molecular complexity index is 322. The maximum absolute atomic E-state index is 5.59. The molecule has 0 aromatic rings. The Morgan fingerprint density at radius 1 is 1.00 bits per heavy atom. The Morgan fingerprint density at radius 2 is 1.70 bits per heavy atom. The zero-order valence-corrected chi connectivity index (χ0v) is 12.1. The van der Waals surface area contributed by atoms with E-state index in [-0.39, 0.29) is 25.0 Å². The summed E-state index contributed by atoms with van der Waals surface area (Å²) in [6.45, 7) is 2.25. The normalized spacial score (nSPS) is 15.3. The second kappa shape index (κ2) is 12.3. The topological polar surface area (TPSA) is 64.1 Å². The quantitative estimate of drug-likeness (QED) is 0.343. The van der Waals surface area contributed by atoms with Crippen molar-refractivity contribution in [3.05, 3.63) is 36.2 Å². The van der Waals surface area contributed by atoms with Crippen molar-refractivity contribution < 1.29 is 0 Å². The third kappa shape index (κ3) is 8.66. The van der Waals surface area contributed by atoms with Crippen molar-refractivity contribution in [2.45, 2.75) is 58.0 Å². The molecule has 1 atom stereocenters. The van der Waals surface area contributed by atoms with Gasteiger partial charge in [0.15, 0.2) is 0 Å². The van der Waals surface area contributed by atoms with E-state index in [2.05, 4.69) is 30.5 Å². The van der Waals surface area contributed by atoms with Crippen molar-refractivity contribution in [1.82, 2.24) is 5.32 Å². The number of allylic oxidation sites excluding steroid dienone is 5. The van der Waals surface area contributed by atoms with Crippen molar-refractivity contribution in [1.29, 1.82) is 0 Å². The fraction of sp³-hybridized carbons (Fsp3) is 0.625. The van der Waals surface area contributed by atoms with E-state index in [1.165, 1.54) is 37.8 Å². The molecule has 1 unspecified atom stereocenters. The monoisotopic (exact) mass is 271 g/mol. The van der Waals surface area contributed by atoms with E-state index in [0.717, 1.165) is 12.8 Å². The summed E-state index contributed by atoms with van der Waals surface area (Å²) in [4.78, 5) is 0. The van der Waals surface area contributed by atoms with Gasteiger partial charge in [0.05, 0.1) is 6.17 Å². The van der Waals surface area contributed by atoms with E-state index in [4.69, 9.17) is 11.5 Å². The fourth-order valence-electron chi connectivity index (χ4n) is 2.40. The van der Waals surface area contributed by atoms with Gasteiger partial charge in [-0.05, 0) is 37.3 Å². The zero-order chi connectivity index (χ0) is 13.9. The molecule has 4 heteroatoms. The summed E-state index contributed by atoms with van der Waals surface area (Å²) in [5, 5.41) is 3.41. The van der Waals surface area contributed by atoms with Gasteiger partial charge in [0.1, 0.15) is 0 Å². The minimum atomic E-state index is -0.157. The van der Waals surface area contributed by atoms with E-state index < -0.39 is 0 Å². The number of nitrogens with two attached hydrogens (primary N) is 2. The Kier molecular flexibility index (Phi) is 12.0. The van der Waals surface area contributed by atoms with Gasteiger partial charge in [-0.2, -0.15) is 0 Å². The summed E-state index contributed by atoms with van der Waals surface area (Å²) in [5.41, 5.74) is 12.5. The molecule has 0 saturated heterocycles. The molecule has 0 spiro atoms. The molecule has 0 amide bonds. The van der Waals surface area contributed by atoms with E-state index in [9.17, 15) is 0 Å². The van der Waals surface area contributed by atoms with Gasteiger partial charge >= 0.3 is 18.9 Å². The summed E-state index contributed by atoms with van der Waals surface area (Å²) >= 11 is 0. The summed E-state index contributed by atoms with van der Waals surface area (Å²) < 4.78 is 0. The first-order valence-electron chi connectivity index (χ1n) is 7.55. The van der Waals surface area contributed by atoms with Crippen LogP contribution in [-0.2, 0) is 0 Å². The molecule has 3 nitrogen and oxygen atoms in total. The molecule has 20 heavy (non-hydrogen) atoms. The molecule has 0 radical (unpaired) electrons. The second-order valence-corrected chi connectivity index (χ2v) is 5.30. The standard InChI is InChI=1S/C16H29N3.Li.H/c1-2-3-9-14(10-6-7-12-16(17)18)15-11-5-4-8-13-19-15;;/h4-5,8,11,13-14,16,19H,2-3,6-7,9-10,12,17-18H2,1H3;;. The van der Waals surface area contributed by atoms with Crippen LogP contribution in [0.25, 0.3) is 0 Å². The van der Waals surface area contributed by atoms with Crippen LogP contribution in [0.15, 0.2) is 36.2 Å². The molecule has 0 bridgehead atoms. The molecule has 0 aromatic heterocycles. The van der Waals surface area contributed by atoms with E-state index in [0.29, 0.717) is 5.92 Å². The summed E-state index contributed by atoms with van der Waals surface area (Å²) in [5.74, 6) is 0.626. The van der Waals surface area contributed by atoms with Crippen LogP contribution in [-0.4, -0.2) is 25.0 Å². The van der Waals surface area contributed by atoms with Gasteiger partial charge in [-0.3, -0.25) is 0 Å². The summed E-state index contributed by atoms with van der Waals surface area (Å²) in [6, 6.07) is 0. The molecule has 0 saturated carbocycles. The molecule has 1 heterocycles. The second-order valence-electron chi connectivity index (χ2n) is 5.30. The molecular weight excluding hydrogens is 241 g/mol. The number of nitrogens with one attached hydrogen (secondary N) is 1. The number of rotatable bonds is 9. The van der Waals surface area contributed by atoms with Gasteiger partial charge in [0.25, 0.3) is 0 Å². The fourth-order valence-corrected chi connectivity index (χ4v) is 2.40. The van der Waals surface area contributed by atoms with Crippen LogP contribution in [0.1, 0.15) is 51.9 Å². The first kappa shape index (κ1) is 19.5. The molecule has 1 rings (SSSR count). The van der Waals surface area contributed by atoms with Crippen molar-refractivity contribution in [3.63, 3.8) is 0 Å². The molecule has 110 valence electrons. The summed E-state index contributed by atoms with van der Waals surface area (Å²) in [6.07, 6.45) is 18.5. The minimum absolute atomic E-state index is 0. The van der Waals surface area contributed by atoms with Crippen molar-refractivity contribution >= 4 is 18.9 Å². The molecule has 0 aliphatic carbocycles. The third-order valence-electron chi connectivity index (χ3n) is 3.53. The van der Waals surface area contributed by atoms with Crippen LogP contribution >= 0.6 is 0 Å². The number of hydrogen-bond acceptors (Lipinski definition) is 3. The van der Waals surface area contributed by atoms with Crippen molar-refractivity contribution in [2.24, 2.45) is 17.4 Å². The molecule has 1 aliphatic rings. The van der Waals surface area contributed by atoms with Crippen LogP contribution in [0.3, 0.4) is 0 Å². The molecular formula is C16H30LiN3. The van der Waals surface area contributed by atoms with Crippen molar-refractivity contribution in [3.8, 4) is 0 Å². The number of hydrogen-bond donors (Lipinski definition) is 3. The number of unbranched alkanes of at least 4 members (excludes halogenated alkanes) is 2. The Balaban J connectivity index is 0.00000361. The van der Waals surface area contributed by atoms with Gasteiger partial charge in [0, 0.05) is 11.9 Å². The van der Waals surface area contributed by atoms with Crippen LogP contribution in [0.2, 0.25) is 0 Å².